The van der Waals surface area contributed by atoms with Gasteiger partial charge in [0, 0.05) is 6.26 Å². The van der Waals surface area contributed by atoms with Crippen LogP contribution in [0.15, 0.2) is 24.3 Å². The van der Waals surface area contributed by atoms with E-state index in [2.05, 4.69) is 0 Å². The summed E-state index contributed by atoms with van der Waals surface area (Å²) in [6.07, 6.45) is 1.07. The Kier molecular flexibility index (Phi) is 3.16. The lowest BCUT2D eigenvalue weighted by Crippen LogP contribution is -2.10. The van der Waals surface area contributed by atoms with Crippen molar-refractivity contribution in [2.45, 2.75) is 0 Å². The molecule has 0 saturated carbocycles. The van der Waals surface area contributed by atoms with Gasteiger partial charge in [-0.3, -0.25) is 4.52 Å². The largest absolute Gasteiger partial charge is 0.587 e. The summed E-state index contributed by atoms with van der Waals surface area (Å²) >= 11 is 0. The molecule has 6 nitrogen and oxygen atoms in total. The first-order chi connectivity index (χ1) is 7.88. The second-order valence-electron chi connectivity index (χ2n) is 3.54. The average molecular weight is 278 g/mol. The fraction of sp³-hybridized carbons (Fsp3) is 0.333. The van der Waals surface area contributed by atoms with Crippen molar-refractivity contribution in [3.63, 3.8) is 0 Å². The van der Waals surface area contributed by atoms with Crippen molar-refractivity contribution < 1.29 is 26.6 Å². The molecule has 8 heteroatoms. The van der Waals surface area contributed by atoms with Gasteiger partial charge in [-0.1, -0.05) is 12.1 Å². The SMILES string of the molecule is CS(=O)(=O)CCOP1(=O)Oc2ccccc2O1. The summed E-state index contributed by atoms with van der Waals surface area (Å²) in [6.45, 7) is -0.232. The van der Waals surface area contributed by atoms with Crippen molar-refractivity contribution >= 4 is 17.7 Å². The maximum Gasteiger partial charge on any atom is 0.587 e. The summed E-state index contributed by atoms with van der Waals surface area (Å²) in [5.74, 6) is 0.422. The van der Waals surface area contributed by atoms with Crippen molar-refractivity contribution in [3.05, 3.63) is 24.3 Å². The maximum atomic E-state index is 11.9. The zero-order valence-corrected chi connectivity index (χ0v) is 10.7. The number of hydrogen-bond donors (Lipinski definition) is 0. The third-order valence-corrected chi connectivity index (χ3v) is 4.22. The molecule has 1 aliphatic heterocycles. The summed E-state index contributed by atoms with van der Waals surface area (Å²) in [7, 11) is -6.87. The molecular formula is C9H11O6PS. The number of phosphoric acid groups is 1. The standard InChI is InChI=1S/C9H11O6PS/c1-17(11,12)7-6-13-16(10)14-8-4-2-3-5-9(8)15-16/h2-5H,6-7H2,1H3. The van der Waals surface area contributed by atoms with E-state index >= 15 is 0 Å². The first-order valence-corrected chi connectivity index (χ1v) is 8.31. The van der Waals surface area contributed by atoms with E-state index in [9.17, 15) is 13.0 Å². The van der Waals surface area contributed by atoms with Crippen LogP contribution in [-0.2, 0) is 18.9 Å². The van der Waals surface area contributed by atoms with Crippen LogP contribution < -0.4 is 9.05 Å². The molecule has 0 unspecified atom stereocenters. The van der Waals surface area contributed by atoms with Gasteiger partial charge in [-0.25, -0.2) is 13.0 Å². The minimum atomic E-state index is -3.70. The molecule has 1 aliphatic rings. The van der Waals surface area contributed by atoms with E-state index in [1.165, 1.54) is 0 Å². The predicted octanol–water partition coefficient (Wildman–Crippen LogP) is 1.63. The summed E-state index contributed by atoms with van der Waals surface area (Å²) in [5.41, 5.74) is 0. The van der Waals surface area contributed by atoms with Gasteiger partial charge in [0.15, 0.2) is 11.5 Å². The third-order valence-electron chi connectivity index (χ3n) is 1.97. The summed E-state index contributed by atoms with van der Waals surface area (Å²) < 4.78 is 48.6. The van der Waals surface area contributed by atoms with Gasteiger partial charge in [-0.2, -0.15) is 0 Å². The molecular weight excluding hydrogens is 267 g/mol. The van der Waals surface area contributed by atoms with E-state index in [1.807, 2.05) is 0 Å². The molecule has 0 radical (unpaired) electrons. The Labute approximate surface area is 99.0 Å². The van der Waals surface area contributed by atoms with Crippen LogP contribution in [0.4, 0.5) is 0 Å². The van der Waals surface area contributed by atoms with Crippen molar-refractivity contribution in [2.75, 3.05) is 18.6 Å². The van der Waals surface area contributed by atoms with E-state index in [0.717, 1.165) is 6.26 Å². The molecule has 1 aromatic rings. The van der Waals surface area contributed by atoms with Crippen LogP contribution >= 0.6 is 7.82 Å². The van der Waals surface area contributed by atoms with Crippen molar-refractivity contribution in [1.82, 2.24) is 0 Å². The average Bonchev–Trinajstić information content (AvgIpc) is 2.51. The van der Waals surface area contributed by atoms with Crippen LogP contribution in [0.2, 0.25) is 0 Å². The molecule has 0 fully saturated rings. The van der Waals surface area contributed by atoms with Crippen LogP contribution in [0, 0.1) is 0 Å². The number of fused-ring (bicyclic) bond motifs is 1. The molecule has 0 N–H and O–H groups in total. The fourth-order valence-corrected chi connectivity index (χ4v) is 2.96. The first kappa shape index (κ1) is 12.4. The number of para-hydroxylation sites is 2. The smallest absolute Gasteiger partial charge is 0.391 e. The zero-order chi connectivity index (χ0) is 12.5. The van der Waals surface area contributed by atoms with E-state index in [-0.39, 0.29) is 12.4 Å². The Morgan fingerprint density at radius 2 is 1.76 bits per heavy atom. The minimum Gasteiger partial charge on any atom is -0.391 e. The zero-order valence-electron chi connectivity index (χ0n) is 9.03. The fourth-order valence-electron chi connectivity index (χ4n) is 1.21. The lowest BCUT2D eigenvalue weighted by molar-refractivity contribution is 0.240. The normalized spacial score (nSPS) is 17.0. The highest BCUT2D eigenvalue weighted by Crippen LogP contribution is 2.58. The molecule has 1 heterocycles. The molecule has 0 amide bonds. The maximum absolute atomic E-state index is 11.9. The number of rotatable bonds is 4. The van der Waals surface area contributed by atoms with E-state index < -0.39 is 17.7 Å². The minimum absolute atomic E-state index is 0.232. The topological polar surface area (TPSA) is 78.9 Å². The van der Waals surface area contributed by atoms with E-state index in [1.54, 1.807) is 24.3 Å². The Morgan fingerprint density at radius 3 is 2.24 bits per heavy atom. The van der Waals surface area contributed by atoms with Crippen LogP contribution in [-0.4, -0.2) is 27.0 Å². The second kappa shape index (κ2) is 4.33. The Hall–Kier alpha value is -1.04. The molecule has 0 aromatic heterocycles. The highest BCUT2D eigenvalue weighted by atomic mass is 32.2. The number of hydrogen-bond acceptors (Lipinski definition) is 6. The van der Waals surface area contributed by atoms with Crippen LogP contribution in [0.5, 0.6) is 11.5 Å². The van der Waals surface area contributed by atoms with Gasteiger partial charge in [0.05, 0.1) is 12.4 Å². The molecule has 0 bridgehead atoms. The van der Waals surface area contributed by atoms with Crippen LogP contribution in [0.25, 0.3) is 0 Å². The van der Waals surface area contributed by atoms with Gasteiger partial charge < -0.3 is 9.05 Å². The molecule has 94 valence electrons. The van der Waals surface area contributed by atoms with Gasteiger partial charge in [0.1, 0.15) is 9.84 Å². The lowest BCUT2D eigenvalue weighted by atomic mass is 10.3. The number of sulfone groups is 1. The monoisotopic (exact) mass is 278 g/mol. The van der Waals surface area contributed by atoms with Gasteiger partial charge in [-0.15, -0.1) is 0 Å². The molecule has 2 rings (SSSR count). The van der Waals surface area contributed by atoms with Gasteiger partial charge in [0.25, 0.3) is 0 Å². The highest BCUT2D eigenvalue weighted by molar-refractivity contribution is 7.90. The third kappa shape index (κ3) is 3.21. The van der Waals surface area contributed by atoms with Gasteiger partial charge in [0.2, 0.25) is 0 Å². The van der Waals surface area contributed by atoms with Crippen LogP contribution in [0.1, 0.15) is 0 Å². The second-order valence-corrected chi connectivity index (χ2v) is 7.32. The first-order valence-electron chi connectivity index (χ1n) is 4.78. The van der Waals surface area contributed by atoms with Gasteiger partial charge >= 0.3 is 7.82 Å². The van der Waals surface area contributed by atoms with Crippen LogP contribution in [0.3, 0.4) is 0 Å². The summed E-state index contributed by atoms with van der Waals surface area (Å²) in [5, 5.41) is 0. The lowest BCUT2D eigenvalue weighted by Gasteiger charge is -2.08. The van der Waals surface area contributed by atoms with Gasteiger partial charge in [-0.05, 0) is 12.1 Å². The van der Waals surface area contributed by atoms with E-state index in [4.69, 9.17) is 13.6 Å². The van der Waals surface area contributed by atoms with Crippen molar-refractivity contribution in [2.24, 2.45) is 0 Å². The molecule has 17 heavy (non-hydrogen) atoms. The van der Waals surface area contributed by atoms with E-state index in [0.29, 0.717) is 11.5 Å². The summed E-state index contributed by atoms with van der Waals surface area (Å²) in [6, 6.07) is 6.59. The molecule has 0 saturated heterocycles. The highest BCUT2D eigenvalue weighted by Gasteiger charge is 2.38. The molecule has 0 aliphatic carbocycles. The molecule has 0 atom stereocenters. The number of benzene rings is 1. The Bertz CT molecular complexity index is 538. The number of phosphoric ester groups is 1. The van der Waals surface area contributed by atoms with Crippen molar-refractivity contribution in [1.29, 1.82) is 0 Å². The Balaban J connectivity index is 1.98. The summed E-state index contributed by atoms with van der Waals surface area (Å²) in [4.78, 5) is 0. The van der Waals surface area contributed by atoms with Crippen molar-refractivity contribution in [3.8, 4) is 11.5 Å². The quantitative estimate of drug-likeness (QED) is 0.779. The Morgan fingerprint density at radius 1 is 1.24 bits per heavy atom. The predicted molar refractivity (Wildman–Crippen MR) is 61.0 cm³/mol. The molecule has 1 aromatic carbocycles. The molecule has 0 spiro atoms.